The van der Waals surface area contributed by atoms with Crippen LogP contribution in [-0.2, 0) is 10.0 Å². The van der Waals surface area contributed by atoms with Crippen LogP contribution in [0.3, 0.4) is 0 Å². The molecule has 0 fully saturated rings. The molecule has 0 aliphatic carbocycles. The lowest BCUT2D eigenvalue weighted by atomic mass is 10.3. The Balaban J connectivity index is 2.46. The van der Waals surface area contributed by atoms with E-state index in [0.29, 0.717) is 11.3 Å². The number of nitrogens with zero attached hydrogens (tertiary/aromatic N) is 2. The second-order valence-electron chi connectivity index (χ2n) is 6.04. The predicted octanol–water partition coefficient (Wildman–Crippen LogP) is 2.86. The number of aryl methyl sites for hydroxylation is 1. The number of hydrogen-bond acceptors (Lipinski definition) is 3. The summed E-state index contributed by atoms with van der Waals surface area (Å²) in [6.45, 7) is 8.29. The lowest BCUT2D eigenvalue weighted by Crippen LogP contribution is -2.27. The van der Waals surface area contributed by atoms with Crippen molar-refractivity contribution >= 4 is 29.1 Å². The molecule has 0 bridgehead atoms. The summed E-state index contributed by atoms with van der Waals surface area (Å²) in [5, 5.41) is 0. The van der Waals surface area contributed by atoms with Crippen molar-refractivity contribution < 1.29 is 8.42 Å². The third-order valence-electron chi connectivity index (χ3n) is 3.06. The van der Waals surface area contributed by atoms with E-state index >= 15 is 0 Å². The van der Waals surface area contributed by atoms with Crippen molar-refractivity contribution in [3.05, 3.63) is 30.1 Å². The van der Waals surface area contributed by atoms with E-state index in [-0.39, 0.29) is 5.75 Å². The van der Waals surface area contributed by atoms with Gasteiger partial charge in [-0.1, -0.05) is 31.8 Å². The first-order valence-electron chi connectivity index (χ1n) is 6.38. The summed E-state index contributed by atoms with van der Waals surface area (Å²) in [5.74, 6) is 0.737. The molecule has 0 atom stereocenters. The van der Waals surface area contributed by atoms with Crippen LogP contribution in [0.15, 0.2) is 24.3 Å². The van der Waals surface area contributed by atoms with Gasteiger partial charge in [0.05, 0.1) is 16.8 Å². The number of rotatable bonds is 4. The summed E-state index contributed by atoms with van der Waals surface area (Å²) in [5.41, 5.74) is 1.41. The molecule has 4 nitrogen and oxygen atoms in total. The molecule has 0 amide bonds. The van der Waals surface area contributed by atoms with Gasteiger partial charge < -0.3 is 0 Å². The van der Waals surface area contributed by atoms with Crippen LogP contribution < -0.4 is 0 Å². The van der Waals surface area contributed by atoms with Gasteiger partial charge in [-0.3, -0.25) is 0 Å². The Morgan fingerprint density at radius 3 is 2.47 bits per heavy atom. The van der Waals surface area contributed by atoms with E-state index < -0.39 is 18.1 Å². The normalized spacial score (nSPS) is 13.1. The molecule has 0 spiro atoms. The second-order valence-corrected chi connectivity index (χ2v) is 13.6. The first-order valence-corrected chi connectivity index (χ1v) is 11.7. The lowest BCUT2D eigenvalue weighted by molar-refractivity contribution is 0.588. The van der Waals surface area contributed by atoms with Crippen LogP contribution in [0.5, 0.6) is 0 Å². The van der Waals surface area contributed by atoms with Crippen molar-refractivity contribution in [2.24, 2.45) is 0 Å². The van der Waals surface area contributed by atoms with Crippen molar-refractivity contribution in [1.82, 2.24) is 8.96 Å². The fraction of sp³-hybridized carbons (Fsp3) is 0.462. The molecule has 2 rings (SSSR count). The summed E-state index contributed by atoms with van der Waals surface area (Å²) in [7, 11) is -4.70. The van der Waals surface area contributed by atoms with Gasteiger partial charge >= 0.3 is 0 Å². The van der Waals surface area contributed by atoms with E-state index in [9.17, 15) is 8.42 Å². The van der Waals surface area contributed by atoms with E-state index in [1.54, 1.807) is 13.0 Å². The fourth-order valence-electron chi connectivity index (χ4n) is 2.00. The van der Waals surface area contributed by atoms with Gasteiger partial charge in [-0.25, -0.2) is 17.4 Å². The highest BCUT2D eigenvalue weighted by Gasteiger charge is 2.23. The largest absolute Gasteiger partial charge is 0.240 e. The maximum Gasteiger partial charge on any atom is 0.240 e. The van der Waals surface area contributed by atoms with Gasteiger partial charge in [0.1, 0.15) is 5.82 Å². The average molecular weight is 296 g/mol. The van der Waals surface area contributed by atoms with Gasteiger partial charge in [-0.2, -0.15) is 0 Å². The Kier molecular flexibility index (Phi) is 3.57. The van der Waals surface area contributed by atoms with E-state index in [2.05, 4.69) is 24.6 Å². The Hall–Kier alpha value is -1.14. The van der Waals surface area contributed by atoms with E-state index in [1.165, 1.54) is 3.97 Å². The molecule has 2 aromatic rings. The minimum Gasteiger partial charge on any atom is -0.232 e. The first kappa shape index (κ1) is 14.3. The van der Waals surface area contributed by atoms with Crippen molar-refractivity contribution in [2.45, 2.75) is 32.6 Å². The van der Waals surface area contributed by atoms with Crippen LogP contribution in [0.25, 0.3) is 11.0 Å². The molecule has 0 radical (unpaired) electrons. The standard InChI is InChI=1S/C13H20N2O2SSi/c1-11-14-12-7-5-6-8-13(12)15(11)18(16,17)9-10-19(2,3)4/h5-8H,9-10H2,1-4H3. The molecule has 0 aliphatic rings. The number of aromatic nitrogens is 2. The molecule has 6 heteroatoms. The van der Waals surface area contributed by atoms with Crippen LogP contribution in [-0.4, -0.2) is 31.2 Å². The summed E-state index contributed by atoms with van der Waals surface area (Å²) in [6, 6.07) is 8.12. The molecule has 104 valence electrons. The maximum atomic E-state index is 12.5. The van der Waals surface area contributed by atoms with Crippen molar-refractivity contribution in [1.29, 1.82) is 0 Å². The average Bonchev–Trinajstić information content (AvgIpc) is 2.62. The molecule has 19 heavy (non-hydrogen) atoms. The SMILES string of the molecule is Cc1nc2ccccc2n1S(=O)(=O)CC[Si](C)(C)C. The smallest absolute Gasteiger partial charge is 0.232 e. The Bertz CT molecular complexity index is 699. The third kappa shape index (κ3) is 3.06. The molecular formula is C13H20N2O2SSi. The minimum atomic E-state index is -3.32. The molecule has 0 saturated heterocycles. The number of hydrogen-bond donors (Lipinski definition) is 0. The zero-order chi connectivity index (χ0) is 14.3. The first-order chi connectivity index (χ1) is 8.71. The number of benzene rings is 1. The van der Waals surface area contributed by atoms with Crippen LogP contribution in [0.4, 0.5) is 0 Å². The highest BCUT2D eigenvalue weighted by Crippen LogP contribution is 2.20. The van der Waals surface area contributed by atoms with Crippen molar-refractivity contribution in [2.75, 3.05) is 5.75 Å². The monoisotopic (exact) mass is 296 g/mol. The minimum absolute atomic E-state index is 0.198. The fourth-order valence-corrected chi connectivity index (χ4v) is 6.56. The van der Waals surface area contributed by atoms with Crippen molar-refractivity contribution in [3.8, 4) is 0 Å². The van der Waals surface area contributed by atoms with Crippen LogP contribution in [0, 0.1) is 6.92 Å². The maximum absolute atomic E-state index is 12.5. The third-order valence-corrected chi connectivity index (χ3v) is 6.91. The van der Waals surface area contributed by atoms with Crippen LogP contribution in [0.1, 0.15) is 5.82 Å². The van der Waals surface area contributed by atoms with E-state index in [0.717, 1.165) is 11.6 Å². The Morgan fingerprint density at radius 1 is 1.21 bits per heavy atom. The molecule has 0 saturated carbocycles. The number of imidazole rings is 1. The van der Waals surface area contributed by atoms with E-state index in [4.69, 9.17) is 0 Å². The summed E-state index contributed by atoms with van der Waals surface area (Å²) in [6.07, 6.45) is 0. The highest BCUT2D eigenvalue weighted by atomic mass is 32.2. The van der Waals surface area contributed by atoms with Crippen molar-refractivity contribution in [3.63, 3.8) is 0 Å². The molecular weight excluding hydrogens is 276 g/mol. The van der Waals surface area contributed by atoms with E-state index in [1.807, 2.05) is 18.2 Å². The zero-order valence-corrected chi connectivity index (χ0v) is 13.7. The van der Waals surface area contributed by atoms with Gasteiger partial charge in [-0.05, 0) is 25.1 Å². The van der Waals surface area contributed by atoms with Gasteiger partial charge in [0.25, 0.3) is 0 Å². The second kappa shape index (κ2) is 4.75. The summed E-state index contributed by atoms with van der Waals surface area (Å²) in [4.78, 5) is 4.32. The summed E-state index contributed by atoms with van der Waals surface area (Å²) >= 11 is 0. The molecule has 1 heterocycles. The molecule has 0 N–H and O–H groups in total. The zero-order valence-electron chi connectivity index (χ0n) is 11.8. The van der Waals surface area contributed by atoms with Gasteiger partial charge in [0.2, 0.25) is 10.0 Å². The topological polar surface area (TPSA) is 52.0 Å². The summed E-state index contributed by atoms with van der Waals surface area (Å²) < 4.78 is 26.4. The van der Waals surface area contributed by atoms with Crippen LogP contribution in [0.2, 0.25) is 25.7 Å². The number of fused-ring (bicyclic) bond motifs is 1. The molecule has 1 aromatic carbocycles. The Morgan fingerprint density at radius 2 is 1.84 bits per heavy atom. The van der Waals surface area contributed by atoms with Crippen LogP contribution >= 0.6 is 0 Å². The molecule has 0 aliphatic heterocycles. The number of para-hydroxylation sites is 2. The van der Waals surface area contributed by atoms with Gasteiger partial charge in [-0.15, -0.1) is 0 Å². The molecule has 0 unspecified atom stereocenters. The molecule has 1 aromatic heterocycles. The predicted molar refractivity (Wildman–Crippen MR) is 81.8 cm³/mol. The highest BCUT2D eigenvalue weighted by molar-refractivity contribution is 7.90. The van der Waals surface area contributed by atoms with Gasteiger partial charge in [0.15, 0.2) is 0 Å². The Labute approximate surface area is 115 Å². The quantitative estimate of drug-likeness (QED) is 0.815. The van der Waals surface area contributed by atoms with Gasteiger partial charge in [0, 0.05) is 8.07 Å². The lowest BCUT2D eigenvalue weighted by Gasteiger charge is -2.16.